The fourth-order valence-electron chi connectivity index (χ4n) is 0.973. The molecule has 0 radical (unpaired) electrons. The summed E-state index contributed by atoms with van der Waals surface area (Å²) in [6, 6.07) is 5.42. The van der Waals surface area contributed by atoms with Crippen LogP contribution in [0, 0.1) is 0 Å². The minimum Gasteiger partial charge on any atom is -0.508 e. The summed E-state index contributed by atoms with van der Waals surface area (Å²) in [5.41, 5.74) is 6.12. The first kappa shape index (κ1) is 16.5. The van der Waals surface area contributed by atoms with Crippen LogP contribution in [0.25, 0.3) is 0 Å². The van der Waals surface area contributed by atoms with E-state index in [9.17, 15) is 4.79 Å². The van der Waals surface area contributed by atoms with Crippen molar-refractivity contribution in [3.63, 3.8) is 0 Å². The first-order valence-electron chi connectivity index (χ1n) is 3.86. The van der Waals surface area contributed by atoms with Crippen LogP contribution in [-0.2, 0) is 11.2 Å². The molecule has 6 heteroatoms. The van der Waals surface area contributed by atoms with E-state index in [1.54, 1.807) is 12.1 Å². The van der Waals surface area contributed by atoms with Gasteiger partial charge in [0.15, 0.2) is 0 Å². The van der Waals surface area contributed by atoms with Crippen molar-refractivity contribution in [2.45, 2.75) is 12.5 Å². The van der Waals surface area contributed by atoms with E-state index in [1.165, 1.54) is 12.1 Å². The first-order valence-corrected chi connectivity index (χ1v) is 3.86. The number of halogens is 2. The molecule has 0 spiro atoms. The average molecular weight is 254 g/mol. The molecule has 0 amide bonds. The van der Waals surface area contributed by atoms with Crippen LogP contribution in [0.3, 0.4) is 0 Å². The van der Waals surface area contributed by atoms with Crippen LogP contribution in [0.2, 0.25) is 0 Å². The molecule has 1 aromatic rings. The molecule has 0 saturated heterocycles. The molecular formula is C9H13Cl2NO3. The number of nitrogens with two attached hydrogens (primary N) is 1. The molecule has 0 aliphatic carbocycles. The smallest absolute Gasteiger partial charge is 0.320 e. The maximum atomic E-state index is 10.4. The van der Waals surface area contributed by atoms with Gasteiger partial charge in [-0.2, -0.15) is 0 Å². The Kier molecular flexibility index (Phi) is 8.05. The fraction of sp³-hybridized carbons (Fsp3) is 0.222. The third kappa shape index (κ3) is 5.47. The van der Waals surface area contributed by atoms with Gasteiger partial charge in [-0.3, -0.25) is 4.79 Å². The van der Waals surface area contributed by atoms with Gasteiger partial charge in [0, 0.05) is 0 Å². The highest BCUT2D eigenvalue weighted by Crippen LogP contribution is 2.10. The average Bonchev–Trinajstić information content (AvgIpc) is 2.08. The van der Waals surface area contributed by atoms with Gasteiger partial charge in [-0.15, -0.1) is 24.8 Å². The van der Waals surface area contributed by atoms with Gasteiger partial charge < -0.3 is 15.9 Å². The number of carboxylic acids is 1. The van der Waals surface area contributed by atoms with Crippen LogP contribution in [0.1, 0.15) is 5.56 Å². The Hall–Kier alpha value is -0.970. The summed E-state index contributed by atoms with van der Waals surface area (Å²) in [5, 5.41) is 17.5. The Bertz CT molecular complexity index is 303. The van der Waals surface area contributed by atoms with Gasteiger partial charge in [0.05, 0.1) is 0 Å². The van der Waals surface area contributed by atoms with E-state index < -0.39 is 12.0 Å². The minimum atomic E-state index is -1.02. The number of aliphatic carboxylic acids is 1. The van der Waals surface area contributed by atoms with Crippen LogP contribution in [-0.4, -0.2) is 22.2 Å². The van der Waals surface area contributed by atoms with Crippen molar-refractivity contribution in [1.29, 1.82) is 0 Å². The molecule has 0 saturated carbocycles. The lowest BCUT2D eigenvalue weighted by molar-refractivity contribution is -0.138. The number of hydrogen-bond donors (Lipinski definition) is 3. The molecule has 0 unspecified atom stereocenters. The molecule has 15 heavy (non-hydrogen) atoms. The topological polar surface area (TPSA) is 83.5 Å². The maximum Gasteiger partial charge on any atom is 0.320 e. The van der Waals surface area contributed by atoms with Gasteiger partial charge in [0.2, 0.25) is 0 Å². The molecular weight excluding hydrogens is 241 g/mol. The molecule has 0 aliphatic rings. The van der Waals surface area contributed by atoms with Gasteiger partial charge in [-0.1, -0.05) is 12.1 Å². The molecule has 1 rings (SSSR count). The van der Waals surface area contributed by atoms with E-state index in [2.05, 4.69) is 0 Å². The molecule has 0 aromatic heterocycles. The van der Waals surface area contributed by atoms with E-state index in [1.807, 2.05) is 0 Å². The van der Waals surface area contributed by atoms with E-state index in [-0.39, 0.29) is 37.0 Å². The van der Waals surface area contributed by atoms with E-state index in [0.717, 1.165) is 5.56 Å². The number of rotatable bonds is 3. The first-order chi connectivity index (χ1) is 6.09. The summed E-state index contributed by atoms with van der Waals surface area (Å²) in [5.74, 6) is -0.860. The van der Waals surface area contributed by atoms with E-state index in [4.69, 9.17) is 15.9 Å². The van der Waals surface area contributed by atoms with Crippen molar-refractivity contribution < 1.29 is 15.0 Å². The third-order valence-electron chi connectivity index (χ3n) is 1.71. The highest BCUT2D eigenvalue weighted by Gasteiger charge is 2.11. The predicted octanol–water partition coefficient (Wildman–Crippen LogP) is 1.19. The lowest BCUT2D eigenvalue weighted by atomic mass is 10.1. The number of carbonyl (C=O) groups is 1. The van der Waals surface area contributed by atoms with E-state index in [0.29, 0.717) is 0 Å². The number of aromatic hydroxyl groups is 1. The molecule has 0 bridgehead atoms. The van der Waals surface area contributed by atoms with Crippen LogP contribution < -0.4 is 5.73 Å². The summed E-state index contributed by atoms with van der Waals surface area (Å²) in [6.07, 6.45) is 0.273. The largest absolute Gasteiger partial charge is 0.508 e. The monoisotopic (exact) mass is 253 g/mol. The summed E-state index contributed by atoms with van der Waals surface area (Å²) in [4.78, 5) is 10.4. The van der Waals surface area contributed by atoms with Crippen LogP contribution >= 0.6 is 24.8 Å². The Balaban J connectivity index is 0. The van der Waals surface area contributed by atoms with Gasteiger partial charge in [0.25, 0.3) is 0 Å². The van der Waals surface area contributed by atoms with Gasteiger partial charge in [-0.25, -0.2) is 0 Å². The van der Waals surface area contributed by atoms with Crippen molar-refractivity contribution in [3.05, 3.63) is 29.8 Å². The number of phenols is 1. The minimum absolute atomic E-state index is 0. The summed E-state index contributed by atoms with van der Waals surface area (Å²) in [7, 11) is 0. The molecule has 0 fully saturated rings. The zero-order valence-electron chi connectivity index (χ0n) is 7.79. The molecule has 4 N–H and O–H groups in total. The zero-order valence-corrected chi connectivity index (χ0v) is 9.42. The van der Waals surface area contributed by atoms with Crippen molar-refractivity contribution in [3.8, 4) is 5.75 Å². The lowest BCUT2D eigenvalue weighted by Gasteiger charge is -2.05. The number of carboxylic acid groups (broad SMARTS) is 1. The maximum absolute atomic E-state index is 10.4. The standard InChI is InChI=1S/C9H11NO3.2ClH/c10-8(9(12)13)5-6-1-3-7(11)4-2-6;;/h1-4,8,11H,5,10H2,(H,12,13);2*1H/t8-;;/m0../s1. The SMILES string of the molecule is Cl.Cl.N[C@@H](Cc1ccc(O)cc1)C(=O)O. The van der Waals surface area contributed by atoms with Crippen LogP contribution in [0.4, 0.5) is 0 Å². The molecule has 1 atom stereocenters. The molecule has 1 aromatic carbocycles. The van der Waals surface area contributed by atoms with E-state index >= 15 is 0 Å². The fourth-order valence-corrected chi connectivity index (χ4v) is 0.973. The summed E-state index contributed by atoms with van der Waals surface area (Å²) >= 11 is 0. The molecule has 0 aliphatic heterocycles. The van der Waals surface area contributed by atoms with Crippen LogP contribution in [0.15, 0.2) is 24.3 Å². The van der Waals surface area contributed by atoms with Crippen LogP contribution in [0.5, 0.6) is 5.75 Å². The lowest BCUT2D eigenvalue weighted by Crippen LogP contribution is -2.32. The zero-order chi connectivity index (χ0) is 9.84. The third-order valence-corrected chi connectivity index (χ3v) is 1.71. The quantitative estimate of drug-likeness (QED) is 0.756. The number of hydrogen-bond acceptors (Lipinski definition) is 3. The number of benzene rings is 1. The highest BCUT2D eigenvalue weighted by molar-refractivity contribution is 5.85. The molecule has 0 heterocycles. The summed E-state index contributed by atoms with van der Waals surface area (Å²) in [6.45, 7) is 0. The van der Waals surface area contributed by atoms with Gasteiger partial charge in [-0.05, 0) is 24.1 Å². The second kappa shape index (κ2) is 7.34. The second-order valence-electron chi connectivity index (χ2n) is 2.82. The Morgan fingerprint density at radius 3 is 2.13 bits per heavy atom. The molecule has 4 nitrogen and oxygen atoms in total. The predicted molar refractivity (Wildman–Crippen MR) is 61.9 cm³/mol. The Morgan fingerprint density at radius 2 is 1.73 bits per heavy atom. The normalized spacial score (nSPS) is 10.7. The van der Waals surface area contributed by atoms with Gasteiger partial charge >= 0.3 is 5.97 Å². The van der Waals surface area contributed by atoms with Gasteiger partial charge in [0.1, 0.15) is 11.8 Å². The van der Waals surface area contributed by atoms with Crippen molar-refractivity contribution in [2.75, 3.05) is 0 Å². The van der Waals surface area contributed by atoms with Crippen molar-refractivity contribution >= 4 is 30.8 Å². The Labute approximate surface area is 99.9 Å². The highest BCUT2D eigenvalue weighted by atomic mass is 35.5. The number of phenolic OH excluding ortho intramolecular Hbond substituents is 1. The Morgan fingerprint density at radius 1 is 1.27 bits per heavy atom. The van der Waals surface area contributed by atoms with Crippen molar-refractivity contribution in [1.82, 2.24) is 0 Å². The van der Waals surface area contributed by atoms with Crippen molar-refractivity contribution in [2.24, 2.45) is 5.73 Å². The second-order valence-corrected chi connectivity index (χ2v) is 2.82. The summed E-state index contributed by atoms with van der Waals surface area (Å²) < 4.78 is 0. The molecule has 86 valence electrons.